The van der Waals surface area contributed by atoms with Crippen LogP contribution in [0.15, 0.2) is 30.3 Å². The smallest absolute Gasteiger partial charge is 0.337 e. The van der Waals surface area contributed by atoms with Gasteiger partial charge in [-0.25, -0.2) is 4.79 Å². The molecule has 0 saturated carbocycles. The number of carboxylic acids is 1. The summed E-state index contributed by atoms with van der Waals surface area (Å²) in [6.07, 6.45) is 1.03. The van der Waals surface area contributed by atoms with Crippen molar-refractivity contribution in [2.45, 2.75) is 40.3 Å². The van der Waals surface area contributed by atoms with E-state index in [1.54, 1.807) is 0 Å². The van der Waals surface area contributed by atoms with Crippen LogP contribution in [-0.2, 0) is 13.1 Å². The van der Waals surface area contributed by atoms with Crippen LogP contribution in [0.3, 0.4) is 0 Å². The van der Waals surface area contributed by atoms with Gasteiger partial charge in [0, 0.05) is 30.0 Å². The van der Waals surface area contributed by atoms with E-state index < -0.39 is 5.97 Å². The van der Waals surface area contributed by atoms with Crippen molar-refractivity contribution in [1.82, 2.24) is 9.88 Å². The summed E-state index contributed by atoms with van der Waals surface area (Å²) in [6, 6.07) is 10.1. The largest absolute Gasteiger partial charge is 0.478 e. The van der Waals surface area contributed by atoms with E-state index in [0.29, 0.717) is 18.7 Å². The Kier molecular flexibility index (Phi) is 5.39. The third-order valence-corrected chi connectivity index (χ3v) is 4.04. The van der Waals surface area contributed by atoms with E-state index >= 15 is 0 Å². The lowest BCUT2D eigenvalue weighted by Gasteiger charge is -2.10. The molecule has 0 atom stereocenters. The SMILES string of the molecule is CCCNCc1c(C(=O)O)c(C)n(Cc2ccccc2)c1C. The van der Waals surface area contributed by atoms with E-state index in [9.17, 15) is 9.90 Å². The summed E-state index contributed by atoms with van der Waals surface area (Å²) in [5, 5.41) is 12.9. The molecule has 0 amide bonds. The van der Waals surface area contributed by atoms with E-state index in [4.69, 9.17) is 0 Å². The Labute approximate surface area is 131 Å². The van der Waals surface area contributed by atoms with Gasteiger partial charge in [-0.3, -0.25) is 0 Å². The molecule has 0 bridgehead atoms. The van der Waals surface area contributed by atoms with Crippen LogP contribution in [0.4, 0.5) is 0 Å². The molecule has 118 valence electrons. The van der Waals surface area contributed by atoms with Crippen molar-refractivity contribution in [3.63, 3.8) is 0 Å². The third kappa shape index (κ3) is 3.39. The van der Waals surface area contributed by atoms with E-state index in [1.165, 1.54) is 5.56 Å². The Balaban J connectivity index is 2.37. The molecule has 22 heavy (non-hydrogen) atoms. The van der Waals surface area contributed by atoms with Gasteiger partial charge in [-0.15, -0.1) is 0 Å². The van der Waals surface area contributed by atoms with Gasteiger partial charge in [0.2, 0.25) is 0 Å². The molecule has 0 radical (unpaired) electrons. The highest BCUT2D eigenvalue weighted by atomic mass is 16.4. The molecule has 4 nitrogen and oxygen atoms in total. The zero-order valence-corrected chi connectivity index (χ0v) is 13.5. The van der Waals surface area contributed by atoms with Gasteiger partial charge in [-0.05, 0) is 32.4 Å². The molecule has 0 aliphatic rings. The van der Waals surface area contributed by atoms with Crippen LogP contribution < -0.4 is 5.32 Å². The summed E-state index contributed by atoms with van der Waals surface area (Å²) in [6.45, 7) is 8.19. The van der Waals surface area contributed by atoms with Crippen molar-refractivity contribution in [2.24, 2.45) is 0 Å². The van der Waals surface area contributed by atoms with Gasteiger partial charge >= 0.3 is 5.97 Å². The standard InChI is InChI=1S/C18H24N2O2/c1-4-10-19-11-16-13(2)20(14(3)17(16)18(21)22)12-15-8-6-5-7-9-15/h5-9,19H,4,10-12H2,1-3H3,(H,21,22). The highest BCUT2D eigenvalue weighted by Crippen LogP contribution is 2.23. The second-order valence-electron chi connectivity index (χ2n) is 5.58. The zero-order chi connectivity index (χ0) is 16.1. The van der Waals surface area contributed by atoms with Crippen molar-refractivity contribution in [2.75, 3.05) is 6.54 Å². The van der Waals surface area contributed by atoms with Crippen molar-refractivity contribution in [3.05, 3.63) is 58.4 Å². The summed E-state index contributed by atoms with van der Waals surface area (Å²) >= 11 is 0. The van der Waals surface area contributed by atoms with Crippen molar-refractivity contribution in [3.8, 4) is 0 Å². The molecule has 0 saturated heterocycles. The third-order valence-electron chi connectivity index (χ3n) is 4.04. The quantitative estimate of drug-likeness (QED) is 0.771. The van der Waals surface area contributed by atoms with Crippen LogP contribution in [-0.4, -0.2) is 22.2 Å². The van der Waals surface area contributed by atoms with Gasteiger partial charge in [0.15, 0.2) is 0 Å². The number of hydrogen-bond donors (Lipinski definition) is 2. The maximum absolute atomic E-state index is 11.7. The van der Waals surface area contributed by atoms with Crippen molar-refractivity contribution < 1.29 is 9.90 Å². The molecule has 2 aromatic rings. The van der Waals surface area contributed by atoms with Gasteiger partial charge in [-0.2, -0.15) is 0 Å². The fourth-order valence-corrected chi connectivity index (χ4v) is 2.84. The van der Waals surface area contributed by atoms with Crippen molar-refractivity contribution in [1.29, 1.82) is 0 Å². The molecule has 0 aliphatic heterocycles. The van der Waals surface area contributed by atoms with Gasteiger partial charge < -0.3 is 15.0 Å². The van der Waals surface area contributed by atoms with E-state index in [0.717, 1.165) is 29.9 Å². The molecule has 1 aromatic heterocycles. The highest BCUT2D eigenvalue weighted by molar-refractivity contribution is 5.91. The van der Waals surface area contributed by atoms with Crippen LogP contribution in [0.2, 0.25) is 0 Å². The van der Waals surface area contributed by atoms with Gasteiger partial charge in [-0.1, -0.05) is 37.3 Å². The molecular weight excluding hydrogens is 276 g/mol. The molecule has 0 aliphatic carbocycles. The summed E-state index contributed by atoms with van der Waals surface area (Å²) in [7, 11) is 0. The molecule has 0 unspecified atom stereocenters. The van der Waals surface area contributed by atoms with Crippen LogP contribution in [0.5, 0.6) is 0 Å². The zero-order valence-electron chi connectivity index (χ0n) is 13.5. The predicted octanol–water partition coefficient (Wildman–Crippen LogP) is 3.35. The van der Waals surface area contributed by atoms with Crippen LogP contribution in [0, 0.1) is 13.8 Å². The average molecular weight is 300 g/mol. The number of benzene rings is 1. The first kappa shape index (κ1) is 16.3. The number of aromatic nitrogens is 1. The molecule has 0 spiro atoms. The number of nitrogens with one attached hydrogen (secondary N) is 1. The first-order valence-electron chi connectivity index (χ1n) is 7.72. The second kappa shape index (κ2) is 7.27. The van der Waals surface area contributed by atoms with Gasteiger partial charge in [0.1, 0.15) is 0 Å². The number of hydrogen-bond acceptors (Lipinski definition) is 2. The van der Waals surface area contributed by atoms with E-state index in [-0.39, 0.29) is 0 Å². The van der Waals surface area contributed by atoms with Crippen molar-refractivity contribution >= 4 is 5.97 Å². The molecular formula is C18H24N2O2. The molecule has 0 fully saturated rings. The number of aromatic carboxylic acids is 1. The average Bonchev–Trinajstić information content (AvgIpc) is 2.73. The Morgan fingerprint density at radius 1 is 1.18 bits per heavy atom. The number of carboxylic acid groups (broad SMARTS) is 1. The lowest BCUT2D eigenvalue weighted by molar-refractivity contribution is 0.0694. The van der Waals surface area contributed by atoms with Crippen LogP contribution in [0.1, 0.15) is 46.2 Å². The Morgan fingerprint density at radius 2 is 1.86 bits per heavy atom. The fraction of sp³-hybridized carbons (Fsp3) is 0.389. The number of carbonyl (C=O) groups is 1. The molecule has 2 N–H and O–H groups in total. The predicted molar refractivity (Wildman–Crippen MR) is 88.4 cm³/mol. The minimum absolute atomic E-state index is 0.442. The van der Waals surface area contributed by atoms with E-state index in [2.05, 4.69) is 28.9 Å². The maximum atomic E-state index is 11.7. The molecule has 1 aromatic carbocycles. The summed E-state index contributed by atoms with van der Waals surface area (Å²) in [4.78, 5) is 11.7. The maximum Gasteiger partial charge on any atom is 0.337 e. The van der Waals surface area contributed by atoms with E-state index in [1.807, 2.05) is 32.0 Å². The van der Waals surface area contributed by atoms with Gasteiger partial charge in [0.25, 0.3) is 0 Å². The minimum Gasteiger partial charge on any atom is -0.478 e. The summed E-state index contributed by atoms with van der Waals surface area (Å²) in [5.74, 6) is -0.847. The topological polar surface area (TPSA) is 54.3 Å². The van der Waals surface area contributed by atoms with Crippen LogP contribution in [0.25, 0.3) is 0 Å². The normalized spacial score (nSPS) is 10.9. The Hall–Kier alpha value is -2.07. The summed E-state index contributed by atoms with van der Waals surface area (Å²) in [5.41, 5.74) is 4.37. The highest BCUT2D eigenvalue weighted by Gasteiger charge is 2.22. The Morgan fingerprint density at radius 3 is 2.45 bits per heavy atom. The molecule has 1 heterocycles. The second-order valence-corrected chi connectivity index (χ2v) is 5.58. The molecule has 4 heteroatoms. The monoisotopic (exact) mass is 300 g/mol. The van der Waals surface area contributed by atoms with Gasteiger partial charge in [0.05, 0.1) is 5.56 Å². The van der Waals surface area contributed by atoms with Crippen LogP contribution >= 0.6 is 0 Å². The first-order valence-corrected chi connectivity index (χ1v) is 7.72. The summed E-state index contributed by atoms with van der Waals surface area (Å²) < 4.78 is 2.10. The molecule has 2 rings (SSSR count). The number of rotatable bonds is 7. The fourth-order valence-electron chi connectivity index (χ4n) is 2.84. The Bertz CT molecular complexity index is 645. The lowest BCUT2D eigenvalue weighted by atomic mass is 10.1. The first-order chi connectivity index (χ1) is 10.6. The minimum atomic E-state index is -0.847. The number of nitrogens with zero attached hydrogens (tertiary/aromatic N) is 1. The lowest BCUT2D eigenvalue weighted by Crippen LogP contribution is -2.16.